The second-order valence-corrected chi connectivity index (χ2v) is 6.16. The number of carbonyl (C=O) groups excluding carboxylic acids is 3. The standard InChI is InChI=1S/C23H22O7/c1-5-21(24)27-15(3)17-7-11-19(12-8-17)29-23(26)30-20-13-9-18(10-14-20)16(4)28-22(25)6-2/h5-16H,1-2H2,3-4H3. The van der Waals surface area contributed by atoms with Gasteiger partial charge in [0.25, 0.3) is 0 Å². The van der Waals surface area contributed by atoms with Crippen LogP contribution in [-0.2, 0) is 19.1 Å². The Morgan fingerprint density at radius 1 is 0.700 bits per heavy atom. The van der Waals surface area contributed by atoms with Crippen LogP contribution in [0.1, 0.15) is 37.2 Å². The summed E-state index contributed by atoms with van der Waals surface area (Å²) in [7, 11) is 0. The van der Waals surface area contributed by atoms with Crippen LogP contribution in [0.2, 0.25) is 0 Å². The number of hydrogen-bond donors (Lipinski definition) is 0. The van der Waals surface area contributed by atoms with E-state index in [1.165, 1.54) is 0 Å². The molecular weight excluding hydrogens is 388 g/mol. The highest BCUT2D eigenvalue weighted by molar-refractivity contribution is 5.81. The summed E-state index contributed by atoms with van der Waals surface area (Å²) in [6, 6.07) is 12.9. The number of hydrogen-bond acceptors (Lipinski definition) is 7. The van der Waals surface area contributed by atoms with Crippen molar-refractivity contribution in [2.75, 3.05) is 0 Å². The van der Waals surface area contributed by atoms with Gasteiger partial charge in [0, 0.05) is 12.2 Å². The smallest absolute Gasteiger partial charge is 0.455 e. The average molecular weight is 410 g/mol. The zero-order chi connectivity index (χ0) is 22.1. The molecule has 0 saturated carbocycles. The molecule has 30 heavy (non-hydrogen) atoms. The molecular formula is C23H22O7. The van der Waals surface area contributed by atoms with Crippen LogP contribution in [0.3, 0.4) is 0 Å². The summed E-state index contributed by atoms with van der Waals surface area (Å²) in [4.78, 5) is 34.5. The molecule has 7 nitrogen and oxygen atoms in total. The Labute approximate surface area is 174 Å². The van der Waals surface area contributed by atoms with Crippen LogP contribution in [0, 0.1) is 0 Å². The van der Waals surface area contributed by atoms with Crippen LogP contribution in [0.5, 0.6) is 11.5 Å². The van der Waals surface area contributed by atoms with Crippen molar-refractivity contribution in [1.82, 2.24) is 0 Å². The summed E-state index contributed by atoms with van der Waals surface area (Å²) in [5.41, 5.74) is 1.46. The Kier molecular flexibility index (Phi) is 7.93. The molecule has 0 N–H and O–H groups in total. The predicted molar refractivity (Wildman–Crippen MR) is 109 cm³/mol. The number of carbonyl (C=O) groups is 3. The minimum atomic E-state index is -0.909. The van der Waals surface area contributed by atoms with E-state index in [1.807, 2.05) is 0 Å². The van der Waals surface area contributed by atoms with E-state index in [0.717, 1.165) is 23.3 Å². The fourth-order valence-corrected chi connectivity index (χ4v) is 2.41. The Balaban J connectivity index is 1.91. The van der Waals surface area contributed by atoms with Crippen LogP contribution in [-0.4, -0.2) is 18.1 Å². The van der Waals surface area contributed by atoms with Gasteiger partial charge in [-0.2, -0.15) is 0 Å². The first-order valence-electron chi connectivity index (χ1n) is 9.08. The summed E-state index contributed by atoms with van der Waals surface area (Å²) in [6.45, 7) is 10.1. The summed E-state index contributed by atoms with van der Waals surface area (Å²) in [6.07, 6.45) is 0.329. The maximum atomic E-state index is 12.0. The van der Waals surface area contributed by atoms with Gasteiger partial charge in [0.15, 0.2) is 0 Å². The Hall–Kier alpha value is -3.87. The summed E-state index contributed by atoms with van der Waals surface area (Å²) < 4.78 is 20.5. The van der Waals surface area contributed by atoms with Gasteiger partial charge >= 0.3 is 18.1 Å². The highest BCUT2D eigenvalue weighted by Gasteiger charge is 2.13. The molecule has 0 aromatic heterocycles. The molecule has 0 fully saturated rings. The molecule has 0 bridgehead atoms. The van der Waals surface area contributed by atoms with E-state index in [-0.39, 0.29) is 11.5 Å². The molecule has 156 valence electrons. The lowest BCUT2D eigenvalue weighted by Gasteiger charge is -2.13. The van der Waals surface area contributed by atoms with E-state index < -0.39 is 30.3 Å². The van der Waals surface area contributed by atoms with Crippen LogP contribution in [0.4, 0.5) is 4.79 Å². The molecule has 0 saturated heterocycles. The van der Waals surface area contributed by atoms with Crippen LogP contribution in [0.25, 0.3) is 0 Å². The topological polar surface area (TPSA) is 88.1 Å². The van der Waals surface area contributed by atoms with Crippen molar-refractivity contribution < 1.29 is 33.3 Å². The van der Waals surface area contributed by atoms with Gasteiger partial charge in [-0.1, -0.05) is 37.4 Å². The molecule has 2 aromatic carbocycles. The van der Waals surface area contributed by atoms with Gasteiger partial charge in [-0.3, -0.25) is 0 Å². The fourth-order valence-electron chi connectivity index (χ4n) is 2.41. The van der Waals surface area contributed by atoms with Gasteiger partial charge in [0.05, 0.1) is 0 Å². The molecule has 2 unspecified atom stereocenters. The average Bonchev–Trinajstić information content (AvgIpc) is 2.74. The molecule has 2 atom stereocenters. The Morgan fingerprint density at radius 2 is 1.03 bits per heavy atom. The quantitative estimate of drug-likeness (QED) is 0.349. The van der Waals surface area contributed by atoms with E-state index in [2.05, 4.69) is 13.2 Å². The van der Waals surface area contributed by atoms with Crippen molar-refractivity contribution in [3.8, 4) is 11.5 Å². The van der Waals surface area contributed by atoms with Crippen molar-refractivity contribution in [3.05, 3.63) is 85.0 Å². The highest BCUT2D eigenvalue weighted by atomic mass is 16.7. The van der Waals surface area contributed by atoms with Crippen molar-refractivity contribution in [3.63, 3.8) is 0 Å². The molecule has 2 rings (SSSR count). The number of esters is 2. The van der Waals surface area contributed by atoms with Gasteiger partial charge in [-0.15, -0.1) is 0 Å². The van der Waals surface area contributed by atoms with Gasteiger partial charge in [-0.05, 0) is 49.2 Å². The zero-order valence-corrected chi connectivity index (χ0v) is 16.7. The maximum Gasteiger partial charge on any atom is 0.519 e. The van der Waals surface area contributed by atoms with E-state index in [0.29, 0.717) is 0 Å². The fraction of sp³-hybridized carbons (Fsp3) is 0.174. The van der Waals surface area contributed by atoms with E-state index in [9.17, 15) is 14.4 Å². The minimum Gasteiger partial charge on any atom is -0.455 e. The first-order chi connectivity index (χ1) is 14.3. The van der Waals surface area contributed by atoms with Gasteiger partial charge in [-0.25, -0.2) is 14.4 Å². The van der Waals surface area contributed by atoms with E-state index in [1.54, 1.807) is 62.4 Å². The van der Waals surface area contributed by atoms with Crippen molar-refractivity contribution in [1.29, 1.82) is 0 Å². The third-order valence-corrected chi connectivity index (χ3v) is 4.02. The lowest BCUT2D eigenvalue weighted by Crippen LogP contribution is -2.14. The van der Waals surface area contributed by atoms with Gasteiger partial charge in [0.1, 0.15) is 23.7 Å². The molecule has 0 aliphatic rings. The number of benzene rings is 2. The molecule has 0 heterocycles. The summed E-state index contributed by atoms with van der Waals surface area (Å²) in [5, 5.41) is 0. The van der Waals surface area contributed by atoms with E-state index >= 15 is 0 Å². The predicted octanol–water partition coefficient (Wildman–Crippen LogP) is 4.84. The first kappa shape index (κ1) is 22.4. The van der Waals surface area contributed by atoms with Gasteiger partial charge in [0.2, 0.25) is 0 Å². The van der Waals surface area contributed by atoms with Crippen molar-refractivity contribution >= 4 is 18.1 Å². The Bertz CT molecular complexity index is 838. The largest absolute Gasteiger partial charge is 0.519 e. The van der Waals surface area contributed by atoms with Crippen LogP contribution in [0.15, 0.2) is 73.8 Å². The summed E-state index contributed by atoms with van der Waals surface area (Å²) >= 11 is 0. The molecule has 0 spiro atoms. The molecule has 0 radical (unpaired) electrons. The SMILES string of the molecule is C=CC(=O)OC(C)c1ccc(OC(=O)Oc2ccc(C(C)OC(=O)C=C)cc2)cc1. The maximum absolute atomic E-state index is 12.0. The number of ether oxygens (including phenoxy) is 4. The highest BCUT2D eigenvalue weighted by Crippen LogP contribution is 2.23. The molecule has 7 heteroatoms. The minimum absolute atomic E-state index is 0.271. The van der Waals surface area contributed by atoms with Crippen molar-refractivity contribution in [2.24, 2.45) is 0 Å². The molecule has 0 aliphatic heterocycles. The number of rotatable bonds is 8. The normalized spacial score (nSPS) is 12.1. The lowest BCUT2D eigenvalue weighted by molar-refractivity contribution is -0.143. The molecule has 2 aromatic rings. The first-order valence-corrected chi connectivity index (χ1v) is 9.08. The van der Waals surface area contributed by atoms with Gasteiger partial charge < -0.3 is 18.9 Å². The second kappa shape index (κ2) is 10.6. The second-order valence-electron chi connectivity index (χ2n) is 6.16. The third-order valence-electron chi connectivity index (χ3n) is 4.02. The zero-order valence-electron chi connectivity index (χ0n) is 16.7. The Morgan fingerprint density at radius 3 is 1.33 bits per heavy atom. The van der Waals surface area contributed by atoms with Crippen LogP contribution < -0.4 is 9.47 Å². The monoisotopic (exact) mass is 410 g/mol. The van der Waals surface area contributed by atoms with Crippen LogP contribution >= 0.6 is 0 Å². The van der Waals surface area contributed by atoms with E-state index in [4.69, 9.17) is 18.9 Å². The third kappa shape index (κ3) is 6.63. The van der Waals surface area contributed by atoms with Crippen molar-refractivity contribution in [2.45, 2.75) is 26.1 Å². The summed E-state index contributed by atoms with van der Waals surface area (Å²) in [5.74, 6) is -0.503. The molecule has 0 aliphatic carbocycles. The lowest BCUT2D eigenvalue weighted by atomic mass is 10.1. The molecule has 0 amide bonds.